The zero-order chi connectivity index (χ0) is 30.3. The predicted molar refractivity (Wildman–Crippen MR) is 164 cm³/mol. The van der Waals surface area contributed by atoms with Gasteiger partial charge < -0.3 is 10.2 Å². The molecule has 3 aromatic carbocycles. The van der Waals surface area contributed by atoms with Crippen molar-refractivity contribution in [2.75, 3.05) is 17.1 Å². The molecule has 0 bridgehead atoms. The van der Waals surface area contributed by atoms with Crippen molar-refractivity contribution in [3.63, 3.8) is 0 Å². The molecule has 2 amide bonds. The van der Waals surface area contributed by atoms with Gasteiger partial charge >= 0.3 is 0 Å². The molecule has 3 aromatic rings. The van der Waals surface area contributed by atoms with E-state index < -0.39 is 34.3 Å². The van der Waals surface area contributed by atoms with Crippen LogP contribution < -0.4 is 9.62 Å². The summed E-state index contributed by atoms with van der Waals surface area (Å²) in [6.07, 6.45) is 6.16. The Kier molecular flexibility index (Phi) is 10.6. The highest BCUT2D eigenvalue weighted by molar-refractivity contribution is 7.92. The van der Waals surface area contributed by atoms with E-state index in [4.69, 9.17) is 11.6 Å². The molecular weight excluding hydrogens is 577 g/mol. The van der Waals surface area contributed by atoms with Gasteiger partial charge in [0.05, 0.1) is 11.9 Å². The van der Waals surface area contributed by atoms with Crippen LogP contribution in [0.5, 0.6) is 0 Å². The Morgan fingerprint density at radius 3 is 2.29 bits per heavy atom. The third kappa shape index (κ3) is 8.55. The minimum absolute atomic E-state index is 0.00826. The molecule has 10 heteroatoms. The number of amides is 2. The average molecular weight is 614 g/mol. The number of halogens is 2. The van der Waals surface area contributed by atoms with E-state index in [1.807, 2.05) is 30.3 Å². The van der Waals surface area contributed by atoms with E-state index in [0.29, 0.717) is 16.1 Å². The van der Waals surface area contributed by atoms with Crippen LogP contribution in [0.4, 0.5) is 10.1 Å². The van der Waals surface area contributed by atoms with Gasteiger partial charge in [-0.25, -0.2) is 12.8 Å². The number of carbonyl (C=O) groups excluding carboxylic acids is 2. The molecule has 0 saturated heterocycles. The van der Waals surface area contributed by atoms with E-state index in [0.717, 1.165) is 48.2 Å². The Morgan fingerprint density at radius 2 is 1.64 bits per heavy atom. The van der Waals surface area contributed by atoms with Crippen LogP contribution in [-0.2, 0) is 32.6 Å². The van der Waals surface area contributed by atoms with Crippen molar-refractivity contribution < 1.29 is 22.4 Å². The van der Waals surface area contributed by atoms with Gasteiger partial charge in [0, 0.05) is 24.0 Å². The fraction of sp³-hybridized carbons (Fsp3) is 0.375. The molecule has 0 aliphatic heterocycles. The second-order valence-corrected chi connectivity index (χ2v) is 13.2. The molecule has 224 valence electrons. The van der Waals surface area contributed by atoms with Gasteiger partial charge in [-0.1, -0.05) is 79.4 Å². The van der Waals surface area contributed by atoms with Crippen molar-refractivity contribution >= 4 is 39.1 Å². The van der Waals surface area contributed by atoms with Crippen molar-refractivity contribution in [1.29, 1.82) is 0 Å². The Morgan fingerprint density at radius 1 is 0.976 bits per heavy atom. The first kappa shape index (κ1) is 31.5. The number of nitrogens with one attached hydrogen (secondary N) is 1. The van der Waals surface area contributed by atoms with Gasteiger partial charge in [-0.05, 0) is 60.7 Å². The molecule has 4 rings (SSSR count). The molecule has 7 nitrogen and oxygen atoms in total. The van der Waals surface area contributed by atoms with Crippen molar-refractivity contribution in [2.45, 2.75) is 64.1 Å². The van der Waals surface area contributed by atoms with E-state index in [-0.39, 0.29) is 30.6 Å². The number of hydrogen-bond acceptors (Lipinski definition) is 4. The highest BCUT2D eigenvalue weighted by Crippen LogP contribution is 2.27. The number of hydrogen-bond donors (Lipinski definition) is 1. The second kappa shape index (κ2) is 14.2. The maximum atomic E-state index is 14.2. The van der Waals surface area contributed by atoms with Crippen molar-refractivity contribution in [1.82, 2.24) is 10.2 Å². The van der Waals surface area contributed by atoms with Gasteiger partial charge in [0.15, 0.2) is 0 Å². The van der Waals surface area contributed by atoms with Crippen LogP contribution >= 0.6 is 11.6 Å². The standard InChI is InChI=1S/C32H37ClFN3O4S/c1-23-13-16-26(33)20-29(23)37(42(2,40)41)22-31(38)36(21-25-14-17-27(34)18-15-25)30(19-24-9-5-3-6-10-24)32(39)35-28-11-7-4-8-12-28/h3,5-6,9-10,13-18,20,28,30H,4,7-8,11-12,19,21-22H2,1-2H3,(H,35,39)/t30-/m1/s1. The number of rotatable bonds is 11. The lowest BCUT2D eigenvalue weighted by molar-refractivity contribution is -0.140. The summed E-state index contributed by atoms with van der Waals surface area (Å²) >= 11 is 6.20. The molecule has 1 fully saturated rings. The summed E-state index contributed by atoms with van der Waals surface area (Å²) in [6, 6.07) is 19.0. The molecule has 0 heterocycles. The molecule has 1 atom stereocenters. The Hall–Kier alpha value is -3.43. The van der Waals surface area contributed by atoms with Crippen molar-refractivity contribution in [2.24, 2.45) is 0 Å². The Labute approximate surface area is 252 Å². The number of benzene rings is 3. The summed E-state index contributed by atoms with van der Waals surface area (Å²) in [5.41, 5.74) is 2.37. The van der Waals surface area contributed by atoms with E-state index in [2.05, 4.69) is 5.32 Å². The smallest absolute Gasteiger partial charge is 0.244 e. The van der Waals surface area contributed by atoms with Crippen LogP contribution in [0.3, 0.4) is 0 Å². The van der Waals surface area contributed by atoms with E-state index >= 15 is 0 Å². The van der Waals surface area contributed by atoms with Crippen LogP contribution in [0.15, 0.2) is 72.8 Å². The van der Waals surface area contributed by atoms with Gasteiger partial charge in [-0.15, -0.1) is 0 Å². The molecule has 0 aromatic heterocycles. The summed E-state index contributed by atoms with van der Waals surface area (Å²) in [5, 5.41) is 3.49. The predicted octanol–water partition coefficient (Wildman–Crippen LogP) is 5.64. The number of carbonyl (C=O) groups is 2. The normalized spacial score (nSPS) is 14.7. The van der Waals surface area contributed by atoms with Crippen LogP contribution in [0, 0.1) is 12.7 Å². The molecule has 1 aliphatic carbocycles. The molecule has 42 heavy (non-hydrogen) atoms. The lowest BCUT2D eigenvalue weighted by Gasteiger charge is -2.35. The fourth-order valence-corrected chi connectivity index (χ4v) is 6.40. The first-order chi connectivity index (χ1) is 20.0. The lowest BCUT2D eigenvalue weighted by Crippen LogP contribution is -2.55. The monoisotopic (exact) mass is 613 g/mol. The van der Waals surface area contributed by atoms with E-state index in [9.17, 15) is 22.4 Å². The highest BCUT2D eigenvalue weighted by Gasteiger charge is 2.34. The van der Waals surface area contributed by atoms with Gasteiger partial charge in [-0.3, -0.25) is 13.9 Å². The number of nitrogens with zero attached hydrogens (tertiary/aromatic N) is 2. The van der Waals surface area contributed by atoms with Crippen molar-refractivity contribution in [3.05, 3.63) is 100 Å². The van der Waals surface area contributed by atoms with Gasteiger partial charge in [0.2, 0.25) is 21.8 Å². The number of anilines is 1. The zero-order valence-corrected chi connectivity index (χ0v) is 25.5. The molecule has 0 spiro atoms. The SMILES string of the molecule is Cc1ccc(Cl)cc1N(CC(=O)N(Cc1ccc(F)cc1)[C@H](Cc1ccccc1)C(=O)NC1CCCCC1)S(C)(=O)=O. The van der Waals surface area contributed by atoms with E-state index in [1.54, 1.807) is 31.2 Å². The minimum Gasteiger partial charge on any atom is -0.352 e. The summed E-state index contributed by atoms with van der Waals surface area (Å²) in [7, 11) is -3.91. The van der Waals surface area contributed by atoms with Crippen molar-refractivity contribution in [3.8, 4) is 0 Å². The first-order valence-corrected chi connectivity index (χ1v) is 16.4. The third-order valence-corrected chi connectivity index (χ3v) is 8.97. The molecular formula is C32H37ClFN3O4S. The van der Waals surface area contributed by atoms with Gasteiger partial charge in [0.25, 0.3) is 0 Å². The molecule has 1 N–H and O–H groups in total. The second-order valence-electron chi connectivity index (χ2n) is 10.9. The third-order valence-electron chi connectivity index (χ3n) is 7.61. The molecule has 0 radical (unpaired) electrons. The average Bonchev–Trinajstić information content (AvgIpc) is 2.96. The highest BCUT2D eigenvalue weighted by atomic mass is 35.5. The van der Waals surface area contributed by atoms with E-state index in [1.165, 1.54) is 23.1 Å². The minimum atomic E-state index is -3.91. The van der Waals surface area contributed by atoms with Crippen LogP contribution in [0.1, 0.15) is 48.8 Å². The maximum Gasteiger partial charge on any atom is 0.244 e. The Balaban J connectivity index is 1.73. The largest absolute Gasteiger partial charge is 0.352 e. The quantitative estimate of drug-likeness (QED) is 0.303. The lowest BCUT2D eigenvalue weighted by atomic mass is 9.94. The first-order valence-electron chi connectivity index (χ1n) is 14.1. The van der Waals surface area contributed by atoms with Gasteiger partial charge in [0.1, 0.15) is 18.4 Å². The summed E-state index contributed by atoms with van der Waals surface area (Å²) in [4.78, 5) is 29.6. The zero-order valence-electron chi connectivity index (χ0n) is 23.9. The van der Waals surface area contributed by atoms with Crippen LogP contribution in [-0.4, -0.2) is 50.0 Å². The topological polar surface area (TPSA) is 86.8 Å². The number of aryl methyl sites for hydroxylation is 1. The van der Waals surface area contributed by atoms with Crippen LogP contribution in [0.2, 0.25) is 5.02 Å². The fourth-order valence-electron chi connectivity index (χ4n) is 5.33. The van der Waals surface area contributed by atoms with Crippen LogP contribution in [0.25, 0.3) is 0 Å². The Bertz CT molecular complexity index is 1480. The number of sulfonamides is 1. The van der Waals surface area contributed by atoms with Gasteiger partial charge in [-0.2, -0.15) is 0 Å². The molecule has 1 saturated carbocycles. The summed E-state index contributed by atoms with van der Waals surface area (Å²) in [6.45, 7) is 1.18. The molecule has 0 unspecified atom stereocenters. The molecule has 1 aliphatic rings. The summed E-state index contributed by atoms with van der Waals surface area (Å²) in [5.74, 6) is -1.29. The maximum absolute atomic E-state index is 14.2. The summed E-state index contributed by atoms with van der Waals surface area (Å²) < 4.78 is 40.8.